The smallest absolute Gasteiger partial charge is 0.242 e. The van der Waals surface area contributed by atoms with Crippen LogP contribution in [0.5, 0.6) is 0 Å². The van der Waals surface area contributed by atoms with E-state index < -0.39 is 0 Å². The predicted molar refractivity (Wildman–Crippen MR) is 82.9 cm³/mol. The highest BCUT2D eigenvalue weighted by molar-refractivity contribution is 5.84. The molecule has 1 heterocycles. The van der Waals surface area contributed by atoms with E-state index in [0.717, 1.165) is 24.2 Å². The van der Waals surface area contributed by atoms with Crippen LogP contribution >= 0.6 is 0 Å². The van der Waals surface area contributed by atoms with Crippen molar-refractivity contribution >= 4 is 17.5 Å². The lowest BCUT2D eigenvalue weighted by Gasteiger charge is -2.19. The van der Waals surface area contributed by atoms with E-state index in [4.69, 9.17) is 5.84 Å². The highest BCUT2D eigenvalue weighted by atomic mass is 16.2. The Morgan fingerprint density at radius 1 is 1.24 bits per heavy atom. The number of carbonyl (C=O) groups is 1. The number of aromatic nitrogens is 2. The van der Waals surface area contributed by atoms with Gasteiger partial charge in [0.15, 0.2) is 0 Å². The van der Waals surface area contributed by atoms with Crippen LogP contribution in [0.4, 0.5) is 11.6 Å². The van der Waals surface area contributed by atoms with Crippen LogP contribution in [0.2, 0.25) is 0 Å². The Hall–Kier alpha value is -1.89. The fourth-order valence-corrected chi connectivity index (χ4v) is 2.02. The Kier molecular flexibility index (Phi) is 4.62. The van der Waals surface area contributed by atoms with E-state index in [2.05, 4.69) is 26.0 Å². The third kappa shape index (κ3) is 3.81. The van der Waals surface area contributed by atoms with E-state index in [0.29, 0.717) is 17.6 Å². The molecule has 0 saturated heterocycles. The number of amides is 1. The second-order valence-electron chi connectivity index (χ2n) is 5.85. The fourth-order valence-electron chi connectivity index (χ4n) is 2.02. The maximum atomic E-state index is 12.0. The van der Waals surface area contributed by atoms with Crippen LogP contribution in [0.25, 0.3) is 0 Å². The highest BCUT2D eigenvalue weighted by Crippen LogP contribution is 2.39. The molecule has 0 spiro atoms. The lowest BCUT2D eigenvalue weighted by Crippen LogP contribution is -2.41. The molecule has 1 unspecified atom stereocenters. The normalized spacial score (nSPS) is 15.7. The lowest BCUT2D eigenvalue weighted by atomic mass is 10.2. The van der Waals surface area contributed by atoms with Crippen molar-refractivity contribution in [2.24, 2.45) is 5.84 Å². The first-order valence-corrected chi connectivity index (χ1v) is 7.34. The van der Waals surface area contributed by atoms with E-state index in [9.17, 15) is 4.79 Å². The standard InChI is InChI=1S/C14H24N6O/c1-7(2)16-14(21)9(4)17-11-8(3)12(20-15)19-13(18-11)10-5-6-10/h7,9-10H,5-6,15H2,1-4H3,(H,16,21)(H2,17,18,19,20). The van der Waals surface area contributed by atoms with Gasteiger partial charge in [-0.15, -0.1) is 0 Å². The Morgan fingerprint density at radius 2 is 1.86 bits per heavy atom. The molecule has 1 aromatic rings. The van der Waals surface area contributed by atoms with Gasteiger partial charge in [0.2, 0.25) is 5.91 Å². The Bertz CT molecular complexity index is 526. The molecule has 1 amide bonds. The summed E-state index contributed by atoms with van der Waals surface area (Å²) < 4.78 is 0. The minimum Gasteiger partial charge on any atom is -0.358 e. The maximum Gasteiger partial charge on any atom is 0.242 e. The van der Waals surface area contributed by atoms with Crippen LogP contribution in [0.1, 0.15) is 50.9 Å². The molecule has 1 fully saturated rings. The molecular formula is C14H24N6O. The van der Waals surface area contributed by atoms with Crippen LogP contribution in [-0.4, -0.2) is 28.0 Å². The molecule has 7 heteroatoms. The number of nitrogens with zero attached hydrogens (tertiary/aromatic N) is 2. The number of carbonyl (C=O) groups excluding carboxylic acids is 1. The summed E-state index contributed by atoms with van der Waals surface area (Å²) in [5, 5.41) is 6.03. The summed E-state index contributed by atoms with van der Waals surface area (Å²) in [6, 6.07) is -0.268. The molecule has 1 aliphatic rings. The highest BCUT2D eigenvalue weighted by Gasteiger charge is 2.28. The van der Waals surface area contributed by atoms with Crippen LogP contribution in [-0.2, 0) is 4.79 Å². The summed E-state index contributed by atoms with van der Waals surface area (Å²) in [7, 11) is 0. The fraction of sp³-hybridized carbons (Fsp3) is 0.643. The van der Waals surface area contributed by atoms with Crippen molar-refractivity contribution in [3.05, 3.63) is 11.4 Å². The summed E-state index contributed by atoms with van der Waals surface area (Å²) >= 11 is 0. The van der Waals surface area contributed by atoms with Crippen molar-refractivity contribution in [3.63, 3.8) is 0 Å². The number of rotatable bonds is 6. The zero-order chi connectivity index (χ0) is 15.6. The van der Waals surface area contributed by atoms with Crippen molar-refractivity contribution in [2.45, 2.75) is 58.5 Å². The van der Waals surface area contributed by atoms with E-state index in [1.165, 1.54) is 0 Å². The Balaban J connectivity index is 2.18. The number of hydrogen-bond acceptors (Lipinski definition) is 6. The molecule has 1 saturated carbocycles. The molecule has 0 aromatic carbocycles. The molecular weight excluding hydrogens is 268 g/mol. The predicted octanol–water partition coefficient (Wildman–Crippen LogP) is 1.27. The minimum absolute atomic E-state index is 0.0572. The molecule has 0 bridgehead atoms. The minimum atomic E-state index is -0.376. The molecule has 1 atom stereocenters. The van der Waals surface area contributed by atoms with Gasteiger partial charge in [0.1, 0.15) is 23.5 Å². The summed E-state index contributed by atoms with van der Waals surface area (Å²) in [5.74, 6) is 7.92. The summed E-state index contributed by atoms with van der Waals surface area (Å²) in [6.45, 7) is 7.55. The Morgan fingerprint density at radius 3 is 2.38 bits per heavy atom. The van der Waals surface area contributed by atoms with Crippen molar-refractivity contribution < 1.29 is 4.79 Å². The monoisotopic (exact) mass is 292 g/mol. The van der Waals surface area contributed by atoms with Gasteiger partial charge in [0.25, 0.3) is 0 Å². The van der Waals surface area contributed by atoms with Crippen molar-refractivity contribution in [1.82, 2.24) is 15.3 Å². The maximum absolute atomic E-state index is 12.0. The van der Waals surface area contributed by atoms with Gasteiger partial charge in [0.05, 0.1) is 0 Å². The topological polar surface area (TPSA) is 105 Å². The third-order valence-corrected chi connectivity index (χ3v) is 3.42. The molecule has 1 aliphatic carbocycles. The quantitative estimate of drug-likeness (QED) is 0.465. The lowest BCUT2D eigenvalue weighted by molar-refractivity contribution is -0.122. The van der Waals surface area contributed by atoms with Crippen molar-refractivity contribution in [1.29, 1.82) is 0 Å². The summed E-state index contributed by atoms with van der Waals surface area (Å²) in [4.78, 5) is 21.0. The number of hydrogen-bond donors (Lipinski definition) is 4. The van der Waals surface area contributed by atoms with Gasteiger partial charge in [-0.2, -0.15) is 0 Å². The zero-order valence-corrected chi connectivity index (χ0v) is 13.0. The molecule has 0 radical (unpaired) electrons. The third-order valence-electron chi connectivity index (χ3n) is 3.42. The molecule has 116 valence electrons. The second-order valence-corrected chi connectivity index (χ2v) is 5.85. The molecule has 1 aromatic heterocycles. The summed E-state index contributed by atoms with van der Waals surface area (Å²) in [5.41, 5.74) is 3.41. The van der Waals surface area contributed by atoms with E-state index in [1.807, 2.05) is 27.7 Å². The van der Waals surface area contributed by atoms with Gasteiger partial charge in [-0.3, -0.25) is 4.79 Å². The van der Waals surface area contributed by atoms with Gasteiger partial charge in [0, 0.05) is 17.5 Å². The van der Waals surface area contributed by atoms with Crippen LogP contribution in [0.3, 0.4) is 0 Å². The van der Waals surface area contributed by atoms with Crippen LogP contribution in [0, 0.1) is 6.92 Å². The largest absolute Gasteiger partial charge is 0.358 e. The molecule has 21 heavy (non-hydrogen) atoms. The van der Waals surface area contributed by atoms with Gasteiger partial charge >= 0.3 is 0 Å². The zero-order valence-electron chi connectivity index (χ0n) is 13.0. The summed E-state index contributed by atoms with van der Waals surface area (Å²) in [6.07, 6.45) is 2.21. The Labute approximate surface area is 125 Å². The second kappa shape index (κ2) is 6.26. The van der Waals surface area contributed by atoms with Gasteiger partial charge in [-0.05, 0) is 40.5 Å². The van der Waals surface area contributed by atoms with E-state index in [-0.39, 0.29) is 18.0 Å². The van der Waals surface area contributed by atoms with Gasteiger partial charge < -0.3 is 16.1 Å². The van der Waals surface area contributed by atoms with E-state index in [1.54, 1.807) is 0 Å². The van der Waals surface area contributed by atoms with Crippen molar-refractivity contribution in [2.75, 3.05) is 10.7 Å². The molecule has 5 N–H and O–H groups in total. The van der Waals surface area contributed by atoms with Gasteiger partial charge in [-0.1, -0.05) is 0 Å². The first-order chi connectivity index (χ1) is 9.92. The average molecular weight is 292 g/mol. The number of nitrogens with two attached hydrogens (primary N) is 1. The number of nitrogens with one attached hydrogen (secondary N) is 3. The molecule has 7 nitrogen and oxygen atoms in total. The number of hydrazine groups is 1. The SMILES string of the molecule is Cc1c(NN)nc(C2CC2)nc1NC(C)C(=O)NC(C)C. The van der Waals surface area contributed by atoms with Crippen molar-refractivity contribution in [3.8, 4) is 0 Å². The first-order valence-electron chi connectivity index (χ1n) is 7.34. The average Bonchev–Trinajstić information content (AvgIpc) is 3.24. The van der Waals surface area contributed by atoms with Crippen LogP contribution < -0.4 is 21.9 Å². The molecule has 2 rings (SSSR count). The van der Waals surface area contributed by atoms with Crippen LogP contribution in [0.15, 0.2) is 0 Å². The number of anilines is 2. The van der Waals surface area contributed by atoms with E-state index >= 15 is 0 Å². The molecule has 0 aliphatic heterocycles. The number of nitrogen functional groups attached to an aromatic ring is 1. The first kappa shape index (κ1) is 15.5. The van der Waals surface area contributed by atoms with Gasteiger partial charge in [-0.25, -0.2) is 15.8 Å².